The SMILES string of the molecule is CCNS(=O)(=O)c1ccc(C(=O)Nc2ccc3c(c2)CCC3)cc1. The van der Waals surface area contributed by atoms with Gasteiger partial charge in [-0.1, -0.05) is 13.0 Å². The molecule has 0 saturated heterocycles. The lowest BCUT2D eigenvalue weighted by Gasteiger charge is -2.09. The Kier molecular flexibility index (Phi) is 4.69. The number of hydrogen-bond acceptors (Lipinski definition) is 3. The second kappa shape index (κ2) is 6.75. The van der Waals surface area contributed by atoms with Crippen molar-refractivity contribution in [3.63, 3.8) is 0 Å². The van der Waals surface area contributed by atoms with E-state index in [0.717, 1.165) is 24.9 Å². The molecule has 2 aromatic rings. The van der Waals surface area contributed by atoms with Crippen LogP contribution in [0.4, 0.5) is 5.69 Å². The Morgan fingerprint density at radius 1 is 1.04 bits per heavy atom. The second-order valence-electron chi connectivity index (χ2n) is 5.82. The zero-order chi connectivity index (χ0) is 17.2. The molecule has 0 radical (unpaired) electrons. The van der Waals surface area contributed by atoms with Crippen molar-refractivity contribution in [1.29, 1.82) is 0 Å². The lowest BCUT2D eigenvalue weighted by molar-refractivity contribution is 0.102. The molecular weight excluding hydrogens is 324 g/mol. The van der Waals surface area contributed by atoms with E-state index in [4.69, 9.17) is 0 Å². The Hall–Kier alpha value is -2.18. The maximum Gasteiger partial charge on any atom is 0.255 e. The largest absolute Gasteiger partial charge is 0.322 e. The summed E-state index contributed by atoms with van der Waals surface area (Å²) in [6.07, 6.45) is 3.32. The van der Waals surface area contributed by atoms with Crippen LogP contribution in [0.3, 0.4) is 0 Å². The van der Waals surface area contributed by atoms with Gasteiger partial charge in [0.05, 0.1) is 4.90 Å². The fraction of sp³-hybridized carbons (Fsp3) is 0.278. The van der Waals surface area contributed by atoms with Crippen LogP contribution in [0.15, 0.2) is 47.4 Å². The maximum atomic E-state index is 12.3. The Balaban J connectivity index is 1.74. The van der Waals surface area contributed by atoms with Gasteiger partial charge in [-0.15, -0.1) is 0 Å². The van der Waals surface area contributed by atoms with E-state index in [-0.39, 0.29) is 10.8 Å². The smallest absolute Gasteiger partial charge is 0.255 e. The van der Waals surface area contributed by atoms with Gasteiger partial charge in [-0.3, -0.25) is 4.79 Å². The third kappa shape index (κ3) is 3.49. The first-order chi connectivity index (χ1) is 11.5. The zero-order valence-corrected chi connectivity index (χ0v) is 14.3. The number of sulfonamides is 1. The van der Waals surface area contributed by atoms with Crippen molar-refractivity contribution in [2.45, 2.75) is 31.1 Å². The van der Waals surface area contributed by atoms with Gasteiger partial charge in [-0.25, -0.2) is 13.1 Å². The lowest BCUT2D eigenvalue weighted by Crippen LogP contribution is -2.23. The third-order valence-electron chi connectivity index (χ3n) is 4.12. The Bertz CT molecular complexity index is 858. The van der Waals surface area contributed by atoms with Crippen LogP contribution in [-0.4, -0.2) is 20.9 Å². The number of fused-ring (bicyclic) bond motifs is 1. The van der Waals surface area contributed by atoms with E-state index in [1.54, 1.807) is 6.92 Å². The molecular formula is C18H20N2O3S. The standard InChI is InChI=1S/C18H20N2O3S/c1-2-19-24(22,23)17-10-7-14(8-11-17)18(21)20-16-9-6-13-4-3-5-15(13)12-16/h6-12,19H,2-5H2,1H3,(H,20,21). The van der Waals surface area contributed by atoms with Crippen molar-refractivity contribution < 1.29 is 13.2 Å². The second-order valence-corrected chi connectivity index (χ2v) is 7.58. The maximum absolute atomic E-state index is 12.3. The van der Waals surface area contributed by atoms with E-state index in [1.165, 1.54) is 35.4 Å². The number of rotatable bonds is 5. The first kappa shape index (κ1) is 16.7. The molecule has 0 heterocycles. The number of carbonyl (C=O) groups is 1. The van der Waals surface area contributed by atoms with Gasteiger partial charge in [0.15, 0.2) is 0 Å². The summed E-state index contributed by atoms with van der Waals surface area (Å²) in [6, 6.07) is 11.9. The molecule has 0 aromatic heterocycles. The van der Waals surface area contributed by atoms with Crippen molar-refractivity contribution in [2.24, 2.45) is 0 Å². The van der Waals surface area contributed by atoms with Crippen LogP contribution in [0.5, 0.6) is 0 Å². The van der Waals surface area contributed by atoms with Gasteiger partial charge in [-0.05, 0) is 66.8 Å². The molecule has 0 aliphatic heterocycles. The van der Waals surface area contributed by atoms with Gasteiger partial charge in [0.2, 0.25) is 10.0 Å². The monoisotopic (exact) mass is 344 g/mol. The van der Waals surface area contributed by atoms with Gasteiger partial charge in [-0.2, -0.15) is 0 Å². The predicted molar refractivity (Wildman–Crippen MR) is 93.7 cm³/mol. The summed E-state index contributed by atoms with van der Waals surface area (Å²) in [5.74, 6) is -0.250. The third-order valence-corrected chi connectivity index (χ3v) is 5.68. The molecule has 24 heavy (non-hydrogen) atoms. The number of carbonyl (C=O) groups excluding carboxylic acids is 1. The Morgan fingerprint density at radius 2 is 1.75 bits per heavy atom. The molecule has 0 bridgehead atoms. The molecule has 2 aromatic carbocycles. The highest BCUT2D eigenvalue weighted by Gasteiger charge is 2.15. The number of nitrogens with one attached hydrogen (secondary N) is 2. The van der Waals surface area contributed by atoms with Crippen molar-refractivity contribution in [3.05, 3.63) is 59.2 Å². The predicted octanol–water partition coefficient (Wildman–Crippen LogP) is 2.73. The molecule has 0 spiro atoms. The molecule has 1 aliphatic rings. The van der Waals surface area contributed by atoms with E-state index in [1.807, 2.05) is 12.1 Å². The summed E-state index contributed by atoms with van der Waals surface area (Å²) >= 11 is 0. The number of benzene rings is 2. The van der Waals surface area contributed by atoms with Crippen LogP contribution in [0.25, 0.3) is 0 Å². The van der Waals surface area contributed by atoms with Crippen LogP contribution >= 0.6 is 0 Å². The fourth-order valence-corrected chi connectivity index (χ4v) is 3.95. The van der Waals surface area contributed by atoms with E-state index >= 15 is 0 Å². The van der Waals surface area contributed by atoms with Crippen LogP contribution < -0.4 is 10.0 Å². The Labute approximate surface area is 142 Å². The molecule has 1 aliphatic carbocycles. The summed E-state index contributed by atoms with van der Waals surface area (Å²) in [5, 5.41) is 2.87. The highest BCUT2D eigenvalue weighted by Crippen LogP contribution is 2.25. The summed E-state index contributed by atoms with van der Waals surface area (Å²) < 4.78 is 26.2. The minimum Gasteiger partial charge on any atom is -0.322 e. The Morgan fingerprint density at radius 3 is 2.46 bits per heavy atom. The molecule has 3 rings (SSSR count). The quantitative estimate of drug-likeness (QED) is 0.876. The minimum atomic E-state index is -3.50. The highest BCUT2D eigenvalue weighted by atomic mass is 32.2. The molecule has 0 unspecified atom stereocenters. The highest BCUT2D eigenvalue weighted by molar-refractivity contribution is 7.89. The van der Waals surface area contributed by atoms with Gasteiger partial charge in [0.1, 0.15) is 0 Å². The van der Waals surface area contributed by atoms with Crippen LogP contribution in [0.2, 0.25) is 0 Å². The summed E-state index contributed by atoms with van der Waals surface area (Å²) in [4.78, 5) is 12.5. The van der Waals surface area contributed by atoms with Crippen molar-refractivity contribution >= 4 is 21.6 Å². The van der Waals surface area contributed by atoms with E-state index < -0.39 is 10.0 Å². The van der Waals surface area contributed by atoms with Crippen molar-refractivity contribution in [3.8, 4) is 0 Å². The molecule has 0 atom stereocenters. The first-order valence-corrected chi connectivity index (χ1v) is 9.51. The molecule has 5 nitrogen and oxygen atoms in total. The van der Waals surface area contributed by atoms with Crippen LogP contribution in [-0.2, 0) is 22.9 Å². The average Bonchev–Trinajstić information content (AvgIpc) is 3.02. The van der Waals surface area contributed by atoms with E-state index in [9.17, 15) is 13.2 Å². The molecule has 6 heteroatoms. The molecule has 2 N–H and O–H groups in total. The minimum absolute atomic E-state index is 0.151. The average molecular weight is 344 g/mol. The van der Waals surface area contributed by atoms with Gasteiger partial charge in [0.25, 0.3) is 5.91 Å². The van der Waals surface area contributed by atoms with E-state index in [2.05, 4.69) is 16.1 Å². The van der Waals surface area contributed by atoms with Gasteiger partial charge < -0.3 is 5.32 Å². The zero-order valence-electron chi connectivity index (χ0n) is 13.5. The molecule has 126 valence electrons. The lowest BCUT2D eigenvalue weighted by atomic mass is 10.1. The van der Waals surface area contributed by atoms with Gasteiger partial charge >= 0.3 is 0 Å². The summed E-state index contributed by atoms with van der Waals surface area (Å²) in [5.41, 5.74) is 3.84. The van der Waals surface area contributed by atoms with Gasteiger partial charge in [0, 0.05) is 17.8 Å². The number of amides is 1. The fourth-order valence-electron chi connectivity index (χ4n) is 2.91. The normalized spacial score (nSPS) is 13.5. The summed E-state index contributed by atoms with van der Waals surface area (Å²) in [7, 11) is -3.50. The molecule has 0 saturated carbocycles. The van der Waals surface area contributed by atoms with Crippen LogP contribution in [0, 0.1) is 0 Å². The topological polar surface area (TPSA) is 75.3 Å². The summed E-state index contributed by atoms with van der Waals surface area (Å²) in [6.45, 7) is 2.04. The first-order valence-electron chi connectivity index (χ1n) is 8.02. The molecule has 1 amide bonds. The number of hydrogen-bond donors (Lipinski definition) is 2. The van der Waals surface area contributed by atoms with E-state index in [0.29, 0.717) is 12.1 Å². The van der Waals surface area contributed by atoms with Crippen molar-refractivity contribution in [1.82, 2.24) is 4.72 Å². The van der Waals surface area contributed by atoms with Crippen LogP contribution in [0.1, 0.15) is 34.8 Å². The number of aryl methyl sites for hydroxylation is 2. The van der Waals surface area contributed by atoms with Crippen molar-refractivity contribution in [2.75, 3.05) is 11.9 Å². The molecule has 0 fully saturated rings. The number of anilines is 1.